The lowest BCUT2D eigenvalue weighted by Gasteiger charge is -2.34. The van der Waals surface area contributed by atoms with Crippen molar-refractivity contribution < 1.29 is 19.4 Å². The third-order valence-electron chi connectivity index (χ3n) is 5.39. The average Bonchev–Trinajstić information content (AvgIpc) is 3.33. The number of benzene rings is 1. The minimum Gasteiger partial charge on any atom is -0.495 e. The number of nitrogens with zero attached hydrogens (tertiary/aromatic N) is 4. The average molecular weight is 450 g/mol. The predicted molar refractivity (Wildman–Crippen MR) is 116 cm³/mol. The van der Waals surface area contributed by atoms with Gasteiger partial charge in [0.25, 0.3) is 0 Å². The Labute approximate surface area is 186 Å². The van der Waals surface area contributed by atoms with E-state index < -0.39 is 23.6 Å². The number of β-amino-alcohol motifs (C(OH)–C–C–N with tert-alkyl or cyclic N) is 1. The summed E-state index contributed by atoms with van der Waals surface area (Å²) in [6.07, 6.45) is 1.15. The van der Waals surface area contributed by atoms with Crippen molar-refractivity contribution in [3.05, 3.63) is 29.4 Å². The van der Waals surface area contributed by atoms with Crippen LogP contribution in [0.15, 0.2) is 24.4 Å². The summed E-state index contributed by atoms with van der Waals surface area (Å²) >= 11 is 6.11. The first-order chi connectivity index (χ1) is 14.6. The SMILES string of the molecule is CNC(=O)[C@H]1CC(O)CN1C(=O)C(n1cc(-c2ccc(Cl)c(OC)c2)nn1)C(C)(C)C. The maximum Gasteiger partial charge on any atom is 0.248 e. The number of nitrogens with one attached hydrogen (secondary N) is 1. The highest BCUT2D eigenvalue weighted by molar-refractivity contribution is 6.32. The monoisotopic (exact) mass is 449 g/mol. The third kappa shape index (κ3) is 4.67. The van der Waals surface area contributed by atoms with Crippen LogP contribution < -0.4 is 10.1 Å². The van der Waals surface area contributed by atoms with Crippen LogP contribution in [0, 0.1) is 5.41 Å². The highest BCUT2D eigenvalue weighted by Gasteiger charge is 2.45. The van der Waals surface area contributed by atoms with Gasteiger partial charge in [0.2, 0.25) is 11.8 Å². The molecule has 1 fully saturated rings. The van der Waals surface area contributed by atoms with Gasteiger partial charge in [-0.25, -0.2) is 4.68 Å². The molecule has 2 aromatic rings. The van der Waals surface area contributed by atoms with Gasteiger partial charge in [0.15, 0.2) is 0 Å². The van der Waals surface area contributed by atoms with Gasteiger partial charge in [-0.3, -0.25) is 9.59 Å². The molecule has 168 valence electrons. The largest absolute Gasteiger partial charge is 0.495 e. The quantitative estimate of drug-likeness (QED) is 0.721. The normalized spacial score (nSPS) is 19.9. The van der Waals surface area contributed by atoms with Crippen LogP contribution in [-0.2, 0) is 9.59 Å². The molecule has 9 nitrogen and oxygen atoms in total. The Morgan fingerprint density at radius 3 is 2.68 bits per heavy atom. The predicted octanol–water partition coefficient (Wildman–Crippen LogP) is 1.90. The van der Waals surface area contributed by atoms with Gasteiger partial charge in [0, 0.05) is 25.6 Å². The summed E-state index contributed by atoms with van der Waals surface area (Å²) in [4.78, 5) is 27.3. The van der Waals surface area contributed by atoms with E-state index in [0.29, 0.717) is 16.5 Å². The Hall–Kier alpha value is -2.65. The van der Waals surface area contributed by atoms with Crippen molar-refractivity contribution in [1.29, 1.82) is 0 Å². The first-order valence-electron chi connectivity index (χ1n) is 10.0. The molecule has 3 rings (SSSR count). The molecule has 0 radical (unpaired) electrons. The minimum absolute atomic E-state index is 0.0967. The van der Waals surface area contributed by atoms with Crippen LogP contribution in [-0.4, -0.2) is 69.7 Å². The molecule has 2 unspecified atom stereocenters. The zero-order valence-electron chi connectivity index (χ0n) is 18.3. The number of aromatic nitrogens is 3. The van der Waals surface area contributed by atoms with Crippen molar-refractivity contribution >= 4 is 23.4 Å². The molecule has 1 aliphatic heterocycles. The summed E-state index contributed by atoms with van der Waals surface area (Å²) in [6, 6.07) is 3.82. The fourth-order valence-corrected chi connectivity index (χ4v) is 4.06. The van der Waals surface area contributed by atoms with E-state index in [9.17, 15) is 14.7 Å². The van der Waals surface area contributed by atoms with Gasteiger partial charge in [-0.1, -0.05) is 43.7 Å². The molecule has 2 heterocycles. The van der Waals surface area contributed by atoms with Crippen LogP contribution >= 0.6 is 11.6 Å². The number of aliphatic hydroxyl groups excluding tert-OH is 1. The van der Waals surface area contributed by atoms with Crippen molar-refractivity contribution in [1.82, 2.24) is 25.2 Å². The number of carbonyl (C=O) groups excluding carboxylic acids is 2. The van der Waals surface area contributed by atoms with E-state index in [-0.39, 0.29) is 24.8 Å². The standard InChI is InChI=1S/C21H28ClN5O4/c1-21(2,3)18(20(30)26-10-13(28)9-16(26)19(29)23-4)27-11-15(24-25-27)12-6-7-14(22)17(8-12)31-5/h6-8,11,13,16,18,28H,9-10H2,1-5H3,(H,23,29)/t13?,16-,18?/m1/s1. The molecule has 1 aromatic heterocycles. The highest BCUT2D eigenvalue weighted by Crippen LogP contribution is 2.35. The number of rotatable bonds is 5. The van der Waals surface area contributed by atoms with Crippen LogP contribution in [0.5, 0.6) is 5.75 Å². The number of hydrogen-bond donors (Lipinski definition) is 2. The van der Waals surface area contributed by atoms with E-state index >= 15 is 0 Å². The highest BCUT2D eigenvalue weighted by atomic mass is 35.5. The number of likely N-dealkylation sites (tertiary alicyclic amines) is 1. The lowest BCUT2D eigenvalue weighted by molar-refractivity contribution is -0.144. The lowest BCUT2D eigenvalue weighted by atomic mass is 9.85. The summed E-state index contributed by atoms with van der Waals surface area (Å²) in [5, 5.41) is 21.6. The second kappa shape index (κ2) is 8.84. The number of ether oxygens (including phenoxy) is 1. The molecule has 10 heteroatoms. The van der Waals surface area contributed by atoms with Crippen molar-refractivity contribution in [2.75, 3.05) is 20.7 Å². The maximum atomic E-state index is 13.6. The third-order valence-corrected chi connectivity index (χ3v) is 5.70. The molecule has 31 heavy (non-hydrogen) atoms. The lowest BCUT2D eigenvalue weighted by Crippen LogP contribution is -2.49. The Morgan fingerprint density at radius 2 is 2.06 bits per heavy atom. The molecule has 1 saturated heterocycles. The molecule has 0 spiro atoms. The smallest absolute Gasteiger partial charge is 0.248 e. The first kappa shape index (κ1) is 23.0. The van der Waals surface area contributed by atoms with Crippen molar-refractivity contribution in [2.24, 2.45) is 5.41 Å². The Kier molecular flexibility index (Phi) is 6.56. The number of carbonyl (C=O) groups is 2. The summed E-state index contributed by atoms with van der Waals surface area (Å²) in [5.41, 5.74) is 0.773. The fourth-order valence-electron chi connectivity index (χ4n) is 3.86. The topological polar surface area (TPSA) is 110 Å². The van der Waals surface area contributed by atoms with E-state index in [0.717, 1.165) is 5.56 Å². The molecular formula is C21H28ClN5O4. The first-order valence-corrected chi connectivity index (χ1v) is 10.4. The zero-order chi connectivity index (χ0) is 22.9. The van der Waals surface area contributed by atoms with E-state index in [1.807, 2.05) is 20.8 Å². The van der Waals surface area contributed by atoms with E-state index in [1.54, 1.807) is 24.4 Å². The van der Waals surface area contributed by atoms with E-state index in [1.165, 1.54) is 23.7 Å². The van der Waals surface area contributed by atoms with Gasteiger partial charge in [0.05, 0.1) is 24.4 Å². The van der Waals surface area contributed by atoms with Gasteiger partial charge >= 0.3 is 0 Å². The number of hydrogen-bond acceptors (Lipinski definition) is 6. The van der Waals surface area contributed by atoms with Crippen molar-refractivity contribution in [3.63, 3.8) is 0 Å². The molecule has 1 aromatic carbocycles. The van der Waals surface area contributed by atoms with E-state index in [4.69, 9.17) is 16.3 Å². The van der Waals surface area contributed by atoms with Crippen LogP contribution in [0.25, 0.3) is 11.3 Å². The molecule has 2 amide bonds. The number of aliphatic hydroxyl groups is 1. The second-order valence-corrected chi connectivity index (χ2v) is 9.12. The van der Waals surface area contributed by atoms with Crippen LogP contribution in [0.3, 0.4) is 0 Å². The molecule has 2 N–H and O–H groups in total. The van der Waals surface area contributed by atoms with Gasteiger partial charge in [-0.15, -0.1) is 5.10 Å². The second-order valence-electron chi connectivity index (χ2n) is 8.71. The number of likely N-dealkylation sites (N-methyl/N-ethyl adjacent to an activating group) is 1. The molecule has 0 bridgehead atoms. The number of amides is 2. The summed E-state index contributed by atoms with van der Waals surface area (Å²) < 4.78 is 6.79. The van der Waals surface area contributed by atoms with Gasteiger partial charge in [0.1, 0.15) is 23.5 Å². The van der Waals surface area contributed by atoms with Crippen LogP contribution in [0.1, 0.15) is 33.2 Å². The maximum absolute atomic E-state index is 13.6. The van der Waals surface area contributed by atoms with Gasteiger partial charge < -0.3 is 20.1 Å². The summed E-state index contributed by atoms with van der Waals surface area (Å²) in [6.45, 7) is 5.86. The van der Waals surface area contributed by atoms with Gasteiger partial charge in [-0.2, -0.15) is 0 Å². The Balaban J connectivity index is 1.96. The van der Waals surface area contributed by atoms with Crippen LogP contribution in [0.4, 0.5) is 0 Å². The number of halogens is 1. The van der Waals surface area contributed by atoms with Crippen molar-refractivity contribution in [2.45, 2.75) is 45.4 Å². The van der Waals surface area contributed by atoms with E-state index in [2.05, 4.69) is 15.6 Å². The summed E-state index contributed by atoms with van der Waals surface area (Å²) in [5.74, 6) is -0.0791. The molecule has 0 aliphatic carbocycles. The van der Waals surface area contributed by atoms with Gasteiger partial charge in [-0.05, 0) is 17.5 Å². The van der Waals surface area contributed by atoms with Crippen LogP contribution in [0.2, 0.25) is 5.02 Å². The minimum atomic E-state index is -0.750. The fraction of sp³-hybridized carbons (Fsp3) is 0.524. The zero-order valence-corrected chi connectivity index (χ0v) is 19.1. The Morgan fingerprint density at radius 1 is 1.35 bits per heavy atom. The van der Waals surface area contributed by atoms with Crippen molar-refractivity contribution in [3.8, 4) is 17.0 Å². The molecule has 0 saturated carbocycles. The number of methoxy groups -OCH3 is 1. The molecule has 3 atom stereocenters. The molecule has 1 aliphatic rings. The Bertz CT molecular complexity index is 971. The summed E-state index contributed by atoms with van der Waals surface area (Å²) in [7, 11) is 3.05. The molecular weight excluding hydrogens is 422 g/mol.